The third-order valence-corrected chi connectivity index (χ3v) is 7.14. The predicted molar refractivity (Wildman–Crippen MR) is 130 cm³/mol. The molecule has 0 amide bonds. The maximum Gasteiger partial charge on any atom is 0.166 e. The van der Waals surface area contributed by atoms with Gasteiger partial charge in [-0.2, -0.15) is 0 Å². The molecular weight excluding hydrogens is 436 g/mol. The van der Waals surface area contributed by atoms with E-state index in [-0.39, 0.29) is 24.3 Å². The number of hydrogen-bond acceptors (Lipinski definition) is 6. The van der Waals surface area contributed by atoms with Gasteiger partial charge in [0.2, 0.25) is 0 Å². The second-order valence-electron chi connectivity index (χ2n) is 9.57. The molecule has 0 bridgehead atoms. The van der Waals surface area contributed by atoms with Gasteiger partial charge in [0.25, 0.3) is 0 Å². The summed E-state index contributed by atoms with van der Waals surface area (Å²) in [5.41, 5.74) is 2.23. The minimum absolute atomic E-state index is 0.0300. The molecule has 1 aromatic heterocycles. The van der Waals surface area contributed by atoms with Crippen molar-refractivity contribution in [2.24, 2.45) is 0 Å². The average molecular weight is 471 g/mol. The van der Waals surface area contributed by atoms with Crippen LogP contribution in [0, 0.1) is 0 Å². The molecule has 2 saturated heterocycles. The lowest BCUT2D eigenvalue weighted by Gasteiger charge is -2.26. The highest BCUT2D eigenvalue weighted by atomic mass is 32.1. The van der Waals surface area contributed by atoms with E-state index in [1.165, 1.54) is 37.7 Å². The smallest absolute Gasteiger partial charge is 0.166 e. The Hall–Kier alpha value is -2.07. The highest BCUT2D eigenvalue weighted by Gasteiger charge is 2.49. The second kappa shape index (κ2) is 10.5. The number of hydrogen-bond donors (Lipinski definition) is 2. The molecule has 0 unspecified atom stereocenters. The zero-order valence-corrected chi connectivity index (χ0v) is 20.0. The van der Waals surface area contributed by atoms with Crippen LogP contribution in [0.4, 0.5) is 0 Å². The van der Waals surface area contributed by atoms with Gasteiger partial charge in [-0.25, -0.2) is 4.68 Å². The molecule has 0 spiro atoms. The molecule has 9 heteroatoms. The van der Waals surface area contributed by atoms with Crippen LogP contribution in [-0.2, 0) is 22.6 Å². The normalized spacial score (nSPS) is 27.6. The third-order valence-electron chi connectivity index (χ3n) is 6.91. The van der Waals surface area contributed by atoms with Gasteiger partial charge >= 0.3 is 0 Å². The monoisotopic (exact) mass is 470 g/mol. The quantitative estimate of drug-likeness (QED) is 0.598. The summed E-state index contributed by atoms with van der Waals surface area (Å²) in [6.45, 7) is 2.76. The average Bonchev–Trinajstić information content (AvgIpc) is 3.53. The Kier molecular flexibility index (Phi) is 7.20. The number of nitrogens with zero attached hydrogens (tertiary/aromatic N) is 4. The van der Waals surface area contributed by atoms with Crippen LogP contribution in [0.2, 0.25) is 0 Å². The van der Waals surface area contributed by atoms with Gasteiger partial charge in [0.15, 0.2) is 5.11 Å². The zero-order valence-electron chi connectivity index (χ0n) is 19.2. The zero-order chi connectivity index (χ0) is 22.6. The molecule has 3 aliphatic rings. The number of aromatic nitrogens is 3. The fourth-order valence-corrected chi connectivity index (χ4v) is 5.57. The lowest BCUT2D eigenvalue weighted by atomic mass is 9.96. The Morgan fingerprint density at radius 3 is 2.67 bits per heavy atom. The van der Waals surface area contributed by atoms with E-state index >= 15 is 0 Å². The van der Waals surface area contributed by atoms with E-state index in [0.29, 0.717) is 24.4 Å². The van der Waals surface area contributed by atoms with Crippen molar-refractivity contribution in [1.29, 1.82) is 0 Å². The van der Waals surface area contributed by atoms with Crippen LogP contribution in [0.1, 0.15) is 49.4 Å². The first-order valence-electron chi connectivity index (χ1n) is 12.1. The van der Waals surface area contributed by atoms with Crippen LogP contribution in [0.3, 0.4) is 0 Å². The van der Waals surface area contributed by atoms with Crippen molar-refractivity contribution in [3.05, 3.63) is 47.8 Å². The molecule has 0 radical (unpaired) electrons. The van der Waals surface area contributed by atoms with Gasteiger partial charge in [0.1, 0.15) is 18.2 Å². The van der Waals surface area contributed by atoms with Crippen LogP contribution < -0.4 is 10.6 Å². The maximum atomic E-state index is 6.14. The number of fused-ring (bicyclic) bond motifs is 1. The SMILES string of the molecule is CN(Cc1ccccc1)Cc1cn([C@@H]2CO[C@@H]3[C@@H]2OC[C@@H]3NC(=S)NC2CCCCC2)nn1. The van der Waals surface area contributed by atoms with E-state index in [9.17, 15) is 0 Å². The van der Waals surface area contributed by atoms with Crippen molar-refractivity contribution in [2.75, 3.05) is 20.3 Å². The first-order chi connectivity index (χ1) is 16.2. The molecule has 2 N–H and O–H groups in total. The molecule has 8 nitrogen and oxygen atoms in total. The summed E-state index contributed by atoms with van der Waals surface area (Å²) in [5.74, 6) is 0. The van der Waals surface area contributed by atoms with Crippen LogP contribution in [0.5, 0.6) is 0 Å². The third kappa shape index (κ3) is 5.54. The minimum atomic E-state index is -0.0448. The van der Waals surface area contributed by atoms with Gasteiger partial charge in [-0.3, -0.25) is 4.90 Å². The first-order valence-corrected chi connectivity index (χ1v) is 12.5. The number of thiocarbonyl (C=S) groups is 1. The van der Waals surface area contributed by atoms with Gasteiger partial charge in [0, 0.05) is 19.1 Å². The molecule has 178 valence electrons. The predicted octanol–water partition coefficient (Wildman–Crippen LogP) is 2.41. The van der Waals surface area contributed by atoms with E-state index in [4.69, 9.17) is 21.7 Å². The van der Waals surface area contributed by atoms with E-state index in [2.05, 4.69) is 57.2 Å². The largest absolute Gasteiger partial charge is 0.371 e. The Labute approximate surface area is 201 Å². The highest BCUT2D eigenvalue weighted by Crippen LogP contribution is 2.34. The lowest BCUT2D eigenvalue weighted by Crippen LogP contribution is -2.50. The van der Waals surface area contributed by atoms with E-state index in [1.807, 2.05) is 16.9 Å². The molecule has 1 aromatic carbocycles. The summed E-state index contributed by atoms with van der Waals surface area (Å²) < 4.78 is 14.2. The number of rotatable bonds is 7. The molecule has 2 aromatic rings. The Bertz CT molecular complexity index is 919. The lowest BCUT2D eigenvalue weighted by molar-refractivity contribution is 0.0624. The Morgan fingerprint density at radius 1 is 1.06 bits per heavy atom. The Balaban J connectivity index is 1.13. The highest BCUT2D eigenvalue weighted by molar-refractivity contribution is 7.80. The summed E-state index contributed by atoms with van der Waals surface area (Å²) in [6.07, 6.45) is 8.24. The summed E-state index contributed by atoms with van der Waals surface area (Å²) in [6, 6.07) is 11.0. The number of ether oxygens (including phenoxy) is 2. The molecule has 3 heterocycles. The van der Waals surface area contributed by atoms with Crippen molar-refractivity contribution in [2.45, 2.75) is 75.5 Å². The first kappa shape index (κ1) is 22.7. The van der Waals surface area contributed by atoms with Crippen molar-refractivity contribution in [3.8, 4) is 0 Å². The second-order valence-corrected chi connectivity index (χ2v) is 9.98. The number of nitrogens with one attached hydrogen (secondary N) is 2. The fraction of sp³-hybridized carbons (Fsp3) is 0.625. The van der Waals surface area contributed by atoms with Crippen LogP contribution in [0.25, 0.3) is 0 Å². The van der Waals surface area contributed by atoms with Crippen LogP contribution >= 0.6 is 12.2 Å². The van der Waals surface area contributed by atoms with Crippen molar-refractivity contribution in [1.82, 2.24) is 30.5 Å². The van der Waals surface area contributed by atoms with Gasteiger partial charge < -0.3 is 20.1 Å². The van der Waals surface area contributed by atoms with E-state index in [1.54, 1.807) is 0 Å². The van der Waals surface area contributed by atoms with Crippen molar-refractivity contribution in [3.63, 3.8) is 0 Å². The van der Waals surface area contributed by atoms with Crippen LogP contribution in [-0.4, -0.2) is 69.6 Å². The maximum absolute atomic E-state index is 6.14. The van der Waals surface area contributed by atoms with Gasteiger partial charge in [0.05, 0.1) is 31.1 Å². The summed E-state index contributed by atoms with van der Waals surface area (Å²) in [4.78, 5) is 2.24. The standard InChI is InChI=1S/C24H34N6O2S/c1-29(12-17-8-4-2-5-9-17)13-19-14-30(28-27-19)21-16-32-22-20(15-31-23(21)22)26-24(33)25-18-10-6-3-7-11-18/h2,4-5,8-9,14,18,20-23H,3,6-7,10-13,15-16H2,1H3,(H2,25,26,33)/t20-,21+,22-,23+/m0/s1. The van der Waals surface area contributed by atoms with E-state index in [0.717, 1.165) is 18.8 Å². The van der Waals surface area contributed by atoms with Crippen molar-refractivity contribution >= 4 is 17.3 Å². The molecular formula is C24H34N6O2S. The molecule has 2 aliphatic heterocycles. The summed E-state index contributed by atoms with van der Waals surface area (Å²) in [5, 5.41) is 16.4. The molecule has 3 fully saturated rings. The van der Waals surface area contributed by atoms with Gasteiger partial charge in [-0.15, -0.1) is 5.10 Å². The summed E-state index contributed by atoms with van der Waals surface area (Å²) >= 11 is 5.58. The summed E-state index contributed by atoms with van der Waals surface area (Å²) in [7, 11) is 2.10. The van der Waals surface area contributed by atoms with E-state index < -0.39 is 0 Å². The molecule has 1 aliphatic carbocycles. The Morgan fingerprint density at radius 2 is 1.85 bits per heavy atom. The molecule has 33 heavy (non-hydrogen) atoms. The van der Waals surface area contributed by atoms with Gasteiger partial charge in [-0.1, -0.05) is 54.8 Å². The fourth-order valence-electron chi connectivity index (χ4n) is 5.25. The molecule has 4 atom stereocenters. The molecule has 5 rings (SSSR count). The minimum Gasteiger partial charge on any atom is -0.371 e. The number of benzene rings is 1. The van der Waals surface area contributed by atoms with Crippen LogP contribution in [0.15, 0.2) is 36.5 Å². The van der Waals surface area contributed by atoms with Crippen molar-refractivity contribution < 1.29 is 9.47 Å². The molecule has 1 saturated carbocycles. The topological polar surface area (TPSA) is 76.5 Å². The van der Waals surface area contributed by atoms with Gasteiger partial charge in [-0.05, 0) is 37.7 Å².